The molecule has 0 saturated carbocycles. The Kier molecular flexibility index (Phi) is 4.03. The molecule has 1 amide bonds. The average molecular weight is 295 g/mol. The summed E-state index contributed by atoms with van der Waals surface area (Å²) in [4.78, 5) is 23.3. The Hall–Kier alpha value is -2.06. The van der Waals surface area contributed by atoms with Crippen LogP contribution in [0.5, 0.6) is 0 Å². The van der Waals surface area contributed by atoms with Crippen LogP contribution in [0.1, 0.15) is 20.1 Å². The van der Waals surface area contributed by atoms with E-state index >= 15 is 0 Å². The number of carbonyl (C=O) groups excluding carboxylic acids is 1. The lowest BCUT2D eigenvalue weighted by atomic mass is 10.4. The zero-order valence-corrected chi connectivity index (χ0v) is 11.5. The van der Waals surface area contributed by atoms with Crippen LogP contribution in [0.25, 0.3) is 0 Å². The third-order valence-corrected chi connectivity index (χ3v) is 4.03. The first-order valence-electron chi connectivity index (χ1n) is 5.19. The predicted molar refractivity (Wildman–Crippen MR) is 75.1 cm³/mol. The Morgan fingerprint density at radius 2 is 2.32 bits per heavy atom. The Balaban J connectivity index is 1.96. The highest BCUT2D eigenvalue weighted by Crippen LogP contribution is 2.21. The molecule has 0 fully saturated rings. The molecule has 0 saturated heterocycles. The predicted octanol–water partition coefficient (Wildman–Crippen LogP) is 2.79. The molecule has 0 radical (unpaired) electrons. The van der Waals surface area contributed by atoms with Gasteiger partial charge in [-0.05, 0) is 19.1 Å². The van der Waals surface area contributed by atoms with Gasteiger partial charge in [-0.3, -0.25) is 14.9 Å². The summed E-state index contributed by atoms with van der Waals surface area (Å²) >= 11 is 2.39. The van der Waals surface area contributed by atoms with Gasteiger partial charge in [0.15, 0.2) is 0 Å². The number of carbonyl (C=O) groups is 1. The zero-order valence-electron chi connectivity index (χ0n) is 9.82. The number of nitro groups is 1. The van der Waals surface area contributed by atoms with E-state index in [1.54, 1.807) is 11.4 Å². The van der Waals surface area contributed by atoms with Gasteiger partial charge >= 0.3 is 5.00 Å². The van der Waals surface area contributed by atoms with Crippen LogP contribution in [-0.4, -0.2) is 17.0 Å². The van der Waals surface area contributed by atoms with E-state index in [0.29, 0.717) is 10.4 Å². The second-order valence-corrected chi connectivity index (χ2v) is 5.76. The van der Waals surface area contributed by atoms with Crippen LogP contribution in [0.3, 0.4) is 0 Å². The van der Waals surface area contributed by atoms with Gasteiger partial charge < -0.3 is 0 Å². The number of nitrogens with one attached hydrogen (secondary N) is 1. The lowest BCUT2D eigenvalue weighted by Crippen LogP contribution is -2.15. The van der Waals surface area contributed by atoms with Gasteiger partial charge in [0.25, 0.3) is 5.91 Å². The molecule has 2 aromatic rings. The Morgan fingerprint density at radius 1 is 1.53 bits per heavy atom. The van der Waals surface area contributed by atoms with E-state index in [0.717, 1.165) is 16.2 Å². The van der Waals surface area contributed by atoms with Crippen molar-refractivity contribution in [2.45, 2.75) is 6.92 Å². The molecule has 0 bridgehead atoms. The maximum atomic E-state index is 11.6. The lowest BCUT2D eigenvalue weighted by Gasteiger charge is -1.94. The zero-order chi connectivity index (χ0) is 13.8. The number of nitrogens with zero attached hydrogens (tertiary/aromatic N) is 2. The SMILES string of the molecule is Cc1ccc(C(=O)NN=Cc2csc([N+](=O)[O-])c2)s1. The number of aryl methyl sites for hydroxylation is 1. The van der Waals surface area contributed by atoms with Gasteiger partial charge in [-0.25, -0.2) is 5.43 Å². The van der Waals surface area contributed by atoms with Crippen LogP contribution in [0, 0.1) is 17.0 Å². The van der Waals surface area contributed by atoms with E-state index in [1.165, 1.54) is 23.6 Å². The summed E-state index contributed by atoms with van der Waals surface area (Å²) < 4.78 is 0. The largest absolute Gasteiger partial charge is 0.324 e. The summed E-state index contributed by atoms with van der Waals surface area (Å²) in [6, 6.07) is 4.97. The molecule has 6 nitrogen and oxygen atoms in total. The Bertz CT molecular complexity index is 645. The Morgan fingerprint density at radius 3 is 2.89 bits per heavy atom. The van der Waals surface area contributed by atoms with E-state index in [-0.39, 0.29) is 10.9 Å². The molecule has 0 atom stereocenters. The topological polar surface area (TPSA) is 84.6 Å². The van der Waals surface area contributed by atoms with E-state index in [1.807, 2.05) is 13.0 Å². The van der Waals surface area contributed by atoms with Crippen LogP contribution in [-0.2, 0) is 0 Å². The van der Waals surface area contributed by atoms with E-state index < -0.39 is 4.92 Å². The van der Waals surface area contributed by atoms with Crippen molar-refractivity contribution in [2.24, 2.45) is 5.10 Å². The molecule has 0 aliphatic heterocycles. The number of hydrazone groups is 1. The highest BCUT2D eigenvalue weighted by Gasteiger charge is 2.09. The number of amides is 1. The normalized spacial score (nSPS) is 10.8. The molecule has 0 aliphatic carbocycles. The first-order valence-corrected chi connectivity index (χ1v) is 6.88. The molecule has 0 aromatic carbocycles. The fourth-order valence-electron chi connectivity index (χ4n) is 1.28. The maximum absolute atomic E-state index is 11.6. The van der Waals surface area contributed by atoms with Crippen LogP contribution in [0.15, 0.2) is 28.7 Å². The van der Waals surface area contributed by atoms with Crippen molar-refractivity contribution in [1.82, 2.24) is 5.43 Å². The first kappa shape index (κ1) is 13.4. The highest BCUT2D eigenvalue weighted by molar-refractivity contribution is 7.14. The van der Waals surface area contributed by atoms with Gasteiger partial charge in [-0.2, -0.15) is 5.10 Å². The Labute approximate surface area is 116 Å². The summed E-state index contributed by atoms with van der Waals surface area (Å²) in [6.45, 7) is 1.91. The summed E-state index contributed by atoms with van der Waals surface area (Å²) in [6.07, 6.45) is 1.38. The third-order valence-electron chi connectivity index (χ3n) is 2.13. The van der Waals surface area contributed by atoms with Crippen LogP contribution in [0.4, 0.5) is 5.00 Å². The fourth-order valence-corrected chi connectivity index (χ4v) is 2.71. The molecule has 1 N–H and O–H groups in total. The smallest absolute Gasteiger partial charge is 0.266 e. The maximum Gasteiger partial charge on any atom is 0.324 e. The van der Waals surface area contributed by atoms with Crippen molar-refractivity contribution >= 4 is 39.8 Å². The van der Waals surface area contributed by atoms with Crippen molar-refractivity contribution in [3.63, 3.8) is 0 Å². The molecule has 98 valence electrons. The summed E-state index contributed by atoms with van der Waals surface area (Å²) in [5.41, 5.74) is 2.96. The van der Waals surface area contributed by atoms with Crippen molar-refractivity contribution in [3.8, 4) is 0 Å². The monoisotopic (exact) mass is 295 g/mol. The van der Waals surface area contributed by atoms with Gasteiger partial charge in [-0.15, -0.1) is 11.3 Å². The lowest BCUT2D eigenvalue weighted by molar-refractivity contribution is -0.380. The van der Waals surface area contributed by atoms with E-state index in [2.05, 4.69) is 10.5 Å². The average Bonchev–Trinajstić information content (AvgIpc) is 2.98. The molecular formula is C11H9N3O3S2. The molecule has 0 unspecified atom stereocenters. The molecule has 0 aliphatic rings. The van der Waals surface area contributed by atoms with Gasteiger partial charge in [0.2, 0.25) is 0 Å². The summed E-state index contributed by atoms with van der Waals surface area (Å²) in [7, 11) is 0. The first-order chi connectivity index (χ1) is 9.06. The second-order valence-electron chi connectivity index (χ2n) is 3.58. The van der Waals surface area contributed by atoms with Gasteiger partial charge in [0.05, 0.1) is 16.0 Å². The molecule has 8 heteroatoms. The minimum Gasteiger partial charge on any atom is -0.266 e. The number of thiophene rings is 2. The molecule has 2 heterocycles. The molecular weight excluding hydrogens is 286 g/mol. The van der Waals surface area contributed by atoms with Gasteiger partial charge in [0, 0.05) is 21.9 Å². The molecule has 2 aromatic heterocycles. The number of hydrogen-bond donors (Lipinski definition) is 1. The van der Waals surface area contributed by atoms with Crippen LogP contribution >= 0.6 is 22.7 Å². The molecule has 0 spiro atoms. The molecule has 2 rings (SSSR count). The quantitative estimate of drug-likeness (QED) is 0.534. The number of rotatable bonds is 4. The van der Waals surface area contributed by atoms with Crippen molar-refractivity contribution < 1.29 is 9.72 Å². The van der Waals surface area contributed by atoms with Crippen LogP contribution in [0.2, 0.25) is 0 Å². The summed E-state index contributed by atoms with van der Waals surface area (Å²) in [5.74, 6) is -0.293. The van der Waals surface area contributed by atoms with E-state index in [4.69, 9.17) is 0 Å². The van der Waals surface area contributed by atoms with E-state index in [9.17, 15) is 14.9 Å². The van der Waals surface area contributed by atoms with Gasteiger partial charge in [0.1, 0.15) is 0 Å². The van der Waals surface area contributed by atoms with Gasteiger partial charge in [-0.1, -0.05) is 11.3 Å². The minimum atomic E-state index is -0.463. The fraction of sp³-hybridized carbons (Fsp3) is 0.0909. The van der Waals surface area contributed by atoms with Crippen molar-refractivity contribution in [2.75, 3.05) is 0 Å². The third kappa shape index (κ3) is 3.46. The molecule has 19 heavy (non-hydrogen) atoms. The number of hydrogen-bond acceptors (Lipinski definition) is 6. The minimum absolute atomic E-state index is 0.0432. The summed E-state index contributed by atoms with van der Waals surface area (Å²) in [5, 5.41) is 15.9. The van der Waals surface area contributed by atoms with Crippen molar-refractivity contribution in [1.29, 1.82) is 0 Å². The standard InChI is InChI=1S/C11H9N3O3S2/c1-7-2-3-9(19-7)11(15)13-12-5-8-4-10(14(16)17)18-6-8/h2-6H,1H3,(H,13,15). The van der Waals surface area contributed by atoms with Crippen molar-refractivity contribution in [3.05, 3.63) is 49.0 Å². The highest BCUT2D eigenvalue weighted by atomic mass is 32.1. The second kappa shape index (κ2) is 5.72. The van der Waals surface area contributed by atoms with Crippen LogP contribution < -0.4 is 5.43 Å².